The highest BCUT2D eigenvalue weighted by atomic mass is 16.8. The molecule has 3 N–H and O–H groups in total. The molecule has 0 fully saturated rings. The summed E-state index contributed by atoms with van der Waals surface area (Å²) in [5, 5.41) is 9.62. The van der Waals surface area contributed by atoms with Gasteiger partial charge in [-0.25, -0.2) is 9.59 Å². The molecule has 0 saturated carbocycles. The van der Waals surface area contributed by atoms with Gasteiger partial charge in [-0.3, -0.25) is 9.59 Å². The van der Waals surface area contributed by atoms with Gasteiger partial charge in [-0.15, -0.1) is 0 Å². The summed E-state index contributed by atoms with van der Waals surface area (Å²) in [6.07, 6.45) is -1.27. The van der Waals surface area contributed by atoms with E-state index in [-0.39, 0.29) is 24.5 Å². The van der Waals surface area contributed by atoms with Gasteiger partial charge in [0.25, 0.3) is 0 Å². The van der Waals surface area contributed by atoms with Crippen LogP contribution in [0, 0.1) is 5.92 Å². The minimum atomic E-state index is -1.38. The van der Waals surface area contributed by atoms with Gasteiger partial charge in [0.2, 0.25) is 0 Å². The van der Waals surface area contributed by atoms with E-state index in [1.165, 1.54) is 18.2 Å². The Hall–Kier alpha value is -3.34. The summed E-state index contributed by atoms with van der Waals surface area (Å²) in [5.41, 5.74) is 4.65. The van der Waals surface area contributed by atoms with Crippen LogP contribution in [0.3, 0.4) is 0 Å². The Morgan fingerprint density at radius 1 is 0.919 bits per heavy atom. The number of benzene rings is 1. The van der Waals surface area contributed by atoms with E-state index < -0.39 is 53.3 Å². The molecule has 1 aromatic carbocycles. The monoisotopic (exact) mass is 525 g/mol. The zero-order valence-electron chi connectivity index (χ0n) is 22.8. The molecule has 2 unspecified atom stereocenters. The number of ether oxygens (including phenoxy) is 5. The van der Waals surface area contributed by atoms with Crippen molar-refractivity contribution in [1.82, 2.24) is 0 Å². The number of rotatable bonds is 10. The average Bonchev–Trinajstić information content (AvgIpc) is 2.71. The molecule has 0 saturated heterocycles. The third-order valence-electron chi connectivity index (χ3n) is 4.76. The van der Waals surface area contributed by atoms with Gasteiger partial charge in [-0.05, 0) is 71.6 Å². The fourth-order valence-corrected chi connectivity index (χ4v) is 3.27. The molecule has 1 aromatic rings. The first-order valence-corrected chi connectivity index (χ1v) is 12.0. The Morgan fingerprint density at radius 3 is 1.89 bits per heavy atom. The fraction of sp³-hybridized carbons (Fsp3) is 0.615. The molecule has 0 spiro atoms. The Kier molecular flexibility index (Phi) is 11.4. The summed E-state index contributed by atoms with van der Waals surface area (Å²) in [5.74, 6) is -3.45. The summed E-state index contributed by atoms with van der Waals surface area (Å²) in [6.45, 7) is 13.3. The van der Waals surface area contributed by atoms with Gasteiger partial charge in [0, 0.05) is 12.3 Å². The number of carboxylic acids is 1. The van der Waals surface area contributed by atoms with Crippen molar-refractivity contribution in [2.75, 3.05) is 6.61 Å². The first-order chi connectivity index (χ1) is 16.9. The van der Waals surface area contributed by atoms with Gasteiger partial charge in [0.1, 0.15) is 17.2 Å². The summed E-state index contributed by atoms with van der Waals surface area (Å²) >= 11 is 0. The number of carbonyl (C=O) groups is 4. The lowest BCUT2D eigenvalue weighted by Gasteiger charge is -2.28. The van der Waals surface area contributed by atoms with E-state index in [4.69, 9.17) is 29.4 Å². The number of carboxylic acid groups (broad SMARTS) is 1. The largest absolute Gasteiger partial charge is 0.514 e. The van der Waals surface area contributed by atoms with E-state index in [0.717, 1.165) is 0 Å². The molecule has 0 amide bonds. The average molecular weight is 526 g/mol. The van der Waals surface area contributed by atoms with E-state index in [1.54, 1.807) is 48.5 Å². The molecule has 0 aliphatic heterocycles. The van der Waals surface area contributed by atoms with Crippen LogP contribution in [0.5, 0.6) is 11.5 Å². The minimum Gasteiger partial charge on any atom is -0.480 e. The number of hydrogen-bond donors (Lipinski definition) is 2. The van der Waals surface area contributed by atoms with Crippen LogP contribution < -0.4 is 15.2 Å². The molecule has 0 bridgehead atoms. The van der Waals surface area contributed by atoms with E-state index in [1.807, 2.05) is 6.92 Å². The Morgan fingerprint density at radius 2 is 1.43 bits per heavy atom. The second-order valence-electron chi connectivity index (χ2n) is 10.6. The van der Waals surface area contributed by atoms with Crippen molar-refractivity contribution in [3.63, 3.8) is 0 Å². The number of esters is 1. The standard InChI is InChI=1S/C26H39NO10/c1-9-10-19(28)33-14-15(2)20(21(27)22(29)30)16-11-12-17(34-23(31)36-25(3,4)5)18(13-16)35-24(32)37-26(6,7)8/h11-13,15,20-21H,9-10,14,27H2,1-8H3,(H,29,30)/t15?,20?,21-/m0/s1. The van der Waals surface area contributed by atoms with Crippen LogP contribution in [0.1, 0.15) is 79.7 Å². The molecule has 11 heteroatoms. The van der Waals surface area contributed by atoms with Gasteiger partial charge in [0.15, 0.2) is 11.5 Å². The van der Waals surface area contributed by atoms with E-state index in [9.17, 15) is 24.3 Å². The summed E-state index contributed by atoms with van der Waals surface area (Å²) in [6, 6.07) is 2.77. The topological polar surface area (TPSA) is 161 Å². The molecular formula is C26H39NO10. The molecule has 0 aliphatic rings. The van der Waals surface area contributed by atoms with Crippen molar-refractivity contribution < 1.29 is 48.0 Å². The summed E-state index contributed by atoms with van der Waals surface area (Å²) < 4.78 is 26.2. The molecule has 0 aliphatic carbocycles. The zero-order valence-corrected chi connectivity index (χ0v) is 22.8. The van der Waals surface area contributed by atoms with E-state index in [0.29, 0.717) is 12.0 Å². The highest BCUT2D eigenvalue weighted by Gasteiger charge is 2.33. The second-order valence-corrected chi connectivity index (χ2v) is 10.6. The van der Waals surface area contributed by atoms with Crippen molar-refractivity contribution in [2.45, 2.75) is 91.4 Å². The number of carbonyl (C=O) groups excluding carboxylic acids is 3. The Labute approximate surface area is 217 Å². The second kappa shape index (κ2) is 13.3. The molecule has 3 atom stereocenters. The molecule has 11 nitrogen and oxygen atoms in total. The third kappa shape index (κ3) is 11.5. The minimum absolute atomic E-state index is 0.0805. The van der Waals surface area contributed by atoms with Gasteiger partial charge in [-0.1, -0.05) is 19.9 Å². The quantitative estimate of drug-likeness (QED) is 0.245. The lowest BCUT2D eigenvalue weighted by Crippen LogP contribution is -2.40. The van der Waals surface area contributed by atoms with Crippen molar-refractivity contribution in [2.24, 2.45) is 11.7 Å². The lowest BCUT2D eigenvalue weighted by atomic mass is 9.82. The summed E-state index contributed by atoms with van der Waals surface area (Å²) in [7, 11) is 0. The highest BCUT2D eigenvalue weighted by molar-refractivity contribution is 5.75. The Balaban J connectivity index is 3.41. The maximum Gasteiger partial charge on any atom is 0.514 e. The van der Waals surface area contributed by atoms with Gasteiger partial charge < -0.3 is 34.5 Å². The molecule has 1 rings (SSSR count). The molecular weight excluding hydrogens is 486 g/mol. The third-order valence-corrected chi connectivity index (χ3v) is 4.76. The van der Waals surface area contributed by atoms with Crippen molar-refractivity contribution in [3.05, 3.63) is 23.8 Å². The van der Waals surface area contributed by atoms with Crippen LogP contribution in [-0.2, 0) is 23.8 Å². The molecule has 37 heavy (non-hydrogen) atoms. The predicted molar refractivity (Wildman–Crippen MR) is 134 cm³/mol. The van der Waals surface area contributed by atoms with Crippen LogP contribution in [0.4, 0.5) is 9.59 Å². The maximum absolute atomic E-state index is 12.4. The van der Waals surface area contributed by atoms with Crippen LogP contribution in [0.25, 0.3) is 0 Å². The molecule has 0 aromatic heterocycles. The number of nitrogens with two attached hydrogens (primary N) is 1. The van der Waals surface area contributed by atoms with Gasteiger partial charge in [0.05, 0.1) is 6.61 Å². The highest BCUT2D eigenvalue weighted by Crippen LogP contribution is 2.36. The van der Waals surface area contributed by atoms with Crippen LogP contribution >= 0.6 is 0 Å². The van der Waals surface area contributed by atoms with Crippen LogP contribution in [0.15, 0.2) is 18.2 Å². The van der Waals surface area contributed by atoms with Crippen molar-refractivity contribution in [3.8, 4) is 11.5 Å². The first kappa shape index (κ1) is 31.7. The predicted octanol–water partition coefficient (Wildman–Crippen LogP) is 4.79. The molecule has 0 radical (unpaired) electrons. The van der Waals surface area contributed by atoms with Crippen LogP contribution in [-0.4, -0.2) is 53.2 Å². The van der Waals surface area contributed by atoms with Gasteiger partial charge >= 0.3 is 24.2 Å². The molecule has 0 heterocycles. The van der Waals surface area contributed by atoms with Crippen molar-refractivity contribution in [1.29, 1.82) is 0 Å². The number of aliphatic carboxylic acids is 1. The lowest BCUT2D eigenvalue weighted by molar-refractivity contribution is -0.145. The fourth-order valence-electron chi connectivity index (χ4n) is 3.27. The Bertz CT molecular complexity index is 961. The first-order valence-electron chi connectivity index (χ1n) is 12.0. The summed E-state index contributed by atoms with van der Waals surface area (Å²) in [4.78, 5) is 48.3. The van der Waals surface area contributed by atoms with Gasteiger partial charge in [-0.2, -0.15) is 0 Å². The molecule has 208 valence electrons. The SMILES string of the molecule is CCCC(=O)OCC(C)C(c1ccc(OC(=O)OC(C)(C)C)c(OC(=O)OC(C)(C)C)c1)[C@H](N)C(=O)O. The van der Waals surface area contributed by atoms with Crippen molar-refractivity contribution >= 4 is 24.2 Å². The smallest absolute Gasteiger partial charge is 0.480 e. The van der Waals surface area contributed by atoms with E-state index in [2.05, 4.69) is 0 Å². The normalized spacial score (nSPS) is 14.1. The van der Waals surface area contributed by atoms with Crippen LogP contribution in [0.2, 0.25) is 0 Å². The number of hydrogen-bond acceptors (Lipinski definition) is 10. The zero-order chi connectivity index (χ0) is 28.6. The van der Waals surface area contributed by atoms with E-state index >= 15 is 0 Å². The maximum atomic E-state index is 12.4.